The summed E-state index contributed by atoms with van der Waals surface area (Å²) in [6.07, 6.45) is -1.59. The van der Waals surface area contributed by atoms with Gasteiger partial charge in [0.05, 0.1) is 18.0 Å². The molecular formula is C16H13ClF3N5. The lowest BCUT2D eigenvalue weighted by Crippen LogP contribution is -2.29. The van der Waals surface area contributed by atoms with Crippen molar-refractivity contribution in [3.63, 3.8) is 0 Å². The molecule has 0 spiro atoms. The van der Waals surface area contributed by atoms with Gasteiger partial charge in [-0.25, -0.2) is 10.9 Å². The van der Waals surface area contributed by atoms with Gasteiger partial charge in [0.2, 0.25) is 5.96 Å². The Kier molecular flexibility index (Phi) is 6.13. The van der Waals surface area contributed by atoms with E-state index in [-0.39, 0.29) is 5.96 Å². The molecule has 0 aliphatic carbocycles. The van der Waals surface area contributed by atoms with Gasteiger partial charge in [-0.15, -0.1) is 0 Å². The first kappa shape index (κ1) is 18.5. The zero-order chi connectivity index (χ0) is 18.3. The van der Waals surface area contributed by atoms with Gasteiger partial charge >= 0.3 is 6.18 Å². The molecule has 5 nitrogen and oxygen atoms in total. The van der Waals surface area contributed by atoms with Crippen LogP contribution in [-0.2, 0) is 6.18 Å². The Morgan fingerprint density at radius 1 is 0.880 bits per heavy atom. The van der Waals surface area contributed by atoms with Crippen molar-refractivity contribution in [1.29, 1.82) is 5.41 Å². The Labute approximate surface area is 146 Å². The van der Waals surface area contributed by atoms with Crippen molar-refractivity contribution in [2.75, 3.05) is 0 Å². The molecule has 0 saturated carbocycles. The maximum Gasteiger partial charge on any atom is 0.416 e. The monoisotopic (exact) mass is 367 g/mol. The predicted molar refractivity (Wildman–Crippen MR) is 92.1 cm³/mol. The van der Waals surface area contributed by atoms with Crippen molar-refractivity contribution in [1.82, 2.24) is 10.9 Å². The molecule has 0 aromatic heterocycles. The van der Waals surface area contributed by atoms with E-state index in [0.717, 1.165) is 17.7 Å². The smallest absolute Gasteiger partial charge is 0.266 e. The molecule has 0 fully saturated rings. The van der Waals surface area contributed by atoms with Crippen molar-refractivity contribution in [3.8, 4) is 0 Å². The normalized spacial score (nSPS) is 11.8. The van der Waals surface area contributed by atoms with Gasteiger partial charge in [-0.1, -0.05) is 35.9 Å². The largest absolute Gasteiger partial charge is 0.416 e. The summed E-state index contributed by atoms with van der Waals surface area (Å²) in [4.78, 5) is 0. The number of rotatable bonds is 4. The van der Waals surface area contributed by atoms with Gasteiger partial charge in [0.1, 0.15) is 0 Å². The molecule has 2 aromatic carbocycles. The van der Waals surface area contributed by atoms with E-state index in [1.165, 1.54) is 24.6 Å². The van der Waals surface area contributed by atoms with Crippen LogP contribution < -0.4 is 10.9 Å². The first-order chi connectivity index (χ1) is 11.8. The average Bonchev–Trinajstić information content (AvgIpc) is 2.56. The van der Waals surface area contributed by atoms with Gasteiger partial charge in [-0.05, 0) is 35.4 Å². The number of hydrogen-bond donors (Lipinski definition) is 3. The first-order valence-corrected chi connectivity index (χ1v) is 7.32. The minimum absolute atomic E-state index is 0.201. The highest BCUT2D eigenvalue weighted by Gasteiger charge is 2.29. The molecule has 25 heavy (non-hydrogen) atoms. The fourth-order valence-corrected chi connectivity index (χ4v) is 1.80. The van der Waals surface area contributed by atoms with Crippen molar-refractivity contribution in [2.24, 2.45) is 10.2 Å². The molecule has 0 atom stereocenters. The maximum absolute atomic E-state index is 12.4. The lowest BCUT2D eigenvalue weighted by atomic mass is 10.1. The van der Waals surface area contributed by atoms with E-state index in [2.05, 4.69) is 21.1 Å². The van der Waals surface area contributed by atoms with E-state index in [1.54, 1.807) is 24.3 Å². The van der Waals surface area contributed by atoms with Crippen LogP contribution >= 0.6 is 11.6 Å². The van der Waals surface area contributed by atoms with Crippen LogP contribution in [0.2, 0.25) is 5.02 Å². The summed E-state index contributed by atoms with van der Waals surface area (Å²) in [5.74, 6) is -0.201. The van der Waals surface area contributed by atoms with Crippen LogP contribution in [0.4, 0.5) is 13.2 Å². The third-order valence-corrected chi connectivity index (χ3v) is 3.14. The van der Waals surface area contributed by atoms with Gasteiger partial charge in [0.15, 0.2) is 0 Å². The molecule has 0 amide bonds. The Bertz CT molecular complexity index is 768. The zero-order valence-electron chi connectivity index (χ0n) is 12.7. The lowest BCUT2D eigenvalue weighted by molar-refractivity contribution is -0.137. The molecule has 0 bridgehead atoms. The summed E-state index contributed by atoms with van der Waals surface area (Å²) >= 11 is 5.76. The lowest BCUT2D eigenvalue weighted by Gasteiger charge is -2.05. The molecule has 0 heterocycles. The van der Waals surface area contributed by atoms with Crippen LogP contribution in [0.25, 0.3) is 0 Å². The van der Waals surface area contributed by atoms with Crippen LogP contribution in [0.3, 0.4) is 0 Å². The highest BCUT2D eigenvalue weighted by atomic mass is 35.5. The zero-order valence-corrected chi connectivity index (χ0v) is 13.4. The highest BCUT2D eigenvalue weighted by Crippen LogP contribution is 2.28. The topological polar surface area (TPSA) is 72.6 Å². The van der Waals surface area contributed by atoms with Gasteiger partial charge in [-0.2, -0.15) is 23.4 Å². The van der Waals surface area contributed by atoms with Crippen LogP contribution in [0.5, 0.6) is 0 Å². The number of alkyl halides is 3. The summed E-state index contributed by atoms with van der Waals surface area (Å²) in [6, 6.07) is 11.4. The molecule has 0 aliphatic rings. The number of benzene rings is 2. The molecule has 130 valence electrons. The molecule has 0 aliphatic heterocycles. The van der Waals surface area contributed by atoms with Crippen LogP contribution in [0.1, 0.15) is 16.7 Å². The number of nitrogens with zero attached hydrogens (tertiary/aromatic N) is 2. The van der Waals surface area contributed by atoms with E-state index >= 15 is 0 Å². The van der Waals surface area contributed by atoms with E-state index in [9.17, 15) is 13.2 Å². The molecule has 0 radical (unpaired) electrons. The highest BCUT2D eigenvalue weighted by molar-refractivity contribution is 6.30. The number of guanidine groups is 1. The van der Waals surface area contributed by atoms with Crippen molar-refractivity contribution < 1.29 is 13.2 Å². The first-order valence-electron chi connectivity index (χ1n) is 6.94. The second-order valence-electron chi connectivity index (χ2n) is 4.79. The summed E-state index contributed by atoms with van der Waals surface area (Å²) in [6.45, 7) is 0. The maximum atomic E-state index is 12.4. The third-order valence-electron chi connectivity index (χ3n) is 2.89. The Hall–Kier alpha value is -2.87. The van der Waals surface area contributed by atoms with Gasteiger partial charge in [0, 0.05) is 5.02 Å². The van der Waals surface area contributed by atoms with Crippen LogP contribution in [0.15, 0.2) is 58.7 Å². The summed E-state index contributed by atoms with van der Waals surface area (Å²) < 4.78 is 37.3. The standard InChI is InChI=1S/C16H13ClF3N5/c17-14-7-3-12(4-8-14)10-23-25-15(21)24-22-9-11-1-5-13(6-2-11)16(18,19)20/h1-10H,(H3,21,24,25). The number of nitrogens with one attached hydrogen (secondary N) is 3. The molecule has 0 saturated heterocycles. The van der Waals surface area contributed by atoms with Gasteiger partial charge in [-0.3, -0.25) is 5.41 Å². The third kappa shape index (κ3) is 6.27. The fourth-order valence-electron chi connectivity index (χ4n) is 1.67. The Morgan fingerprint density at radius 3 is 1.76 bits per heavy atom. The van der Waals surface area contributed by atoms with Crippen molar-refractivity contribution >= 4 is 30.0 Å². The molecule has 2 aromatic rings. The number of halogens is 4. The van der Waals surface area contributed by atoms with Crippen LogP contribution in [0, 0.1) is 5.41 Å². The van der Waals surface area contributed by atoms with Crippen molar-refractivity contribution in [2.45, 2.75) is 6.18 Å². The van der Waals surface area contributed by atoms with E-state index in [4.69, 9.17) is 17.0 Å². The molecule has 2 rings (SSSR count). The molecule has 3 N–H and O–H groups in total. The van der Waals surface area contributed by atoms with Crippen molar-refractivity contribution in [3.05, 3.63) is 70.2 Å². The minimum atomic E-state index is -4.37. The Morgan fingerprint density at radius 2 is 1.32 bits per heavy atom. The van der Waals surface area contributed by atoms with E-state index in [1.807, 2.05) is 0 Å². The van der Waals surface area contributed by atoms with Gasteiger partial charge in [0.25, 0.3) is 0 Å². The molecule has 0 unspecified atom stereocenters. The van der Waals surface area contributed by atoms with E-state index < -0.39 is 11.7 Å². The summed E-state index contributed by atoms with van der Waals surface area (Å²) in [5.41, 5.74) is 5.28. The average molecular weight is 368 g/mol. The minimum Gasteiger partial charge on any atom is -0.266 e. The molecular weight excluding hydrogens is 355 g/mol. The second-order valence-corrected chi connectivity index (χ2v) is 5.22. The fraction of sp³-hybridized carbons (Fsp3) is 0.0625. The van der Waals surface area contributed by atoms with E-state index in [0.29, 0.717) is 10.6 Å². The predicted octanol–water partition coefficient (Wildman–Crippen LogP) is 3.84. The van der Waals surface area contributed by atoms with Gasteiger partial charge < -0.3 is 0 Å². The SMILES string of the molecule is N=C(NN=Cc1ccc(Cl)cc1)NN=Cc1ccc(C(F)(F)F)cc1. The number of hydrogen-bond acceptors (Lipinski definition) is 3. The summed E-state index contributed by atoms with van der Waals surface area (Å²) in [7, 11) is 0. The second kappa shape index (κ2) is 8.29. The summed E-state index contributed by atoms with van der Waals surface area (Å²) in [5, 5.41) is 15.7. The number of hydrazone groups is 2. The Balaban J connectivity index is 1.81. The quantitative estimate of drug-likeness (QED) is 0.436. The molecule has 9 heteroatoms. The van der Waals surface area contributed by atoms with Crippen LogP contribution in [-0.4, -0.2) is 18.4 Å².